The third kappa shape index (κ3) is 6.97. The van der Waals surface area contributed by atoms with Crippen molar-refractivity contribution in [3.05, 3.63) is 78.0 Å². The molecule has 41 heavy (non-hydrogen) atoms. The van der Waals surface area contributed by atoms with E-state index in [2.05, 4.69) is 25.2 Å². The number of nitrogens with one attached hydrogen (secondary N) is 1. The van der Waals surface area contributed by atoms with Crippen LogP contribution in [0.25, 0.3) is 11.3 Å². The highest BCUT2D eigenvalue weighted by molar-refractivity contribution is 5.96. The molecule has 0 spiro atoms. The molecule has 1 aromatic carbocycles. The summed E-state index contributed by atoms with van der Waals surface area (Å²) in [7, 11) is 0. The Kier molecular flexibility index (Phi) is 8.46. The van der Waals surface area contributed by atoms with Crippen molar-refractivity contribution in [2.75, 3.05) is 19.6 Å². The number of ketones is 1. The molecule has 11 heteroatoms. The van der Waals surface area contributed by atoms with Gasteiger partial charge in [-0.05, 0) is 74.9 Å². The molecular formula is C30H32F3N5O3. The van der Waals surface area contributed by atoms with Crippen molar-refractivity contribution < 1.29 is 27.9 Å². The number of amides is 1. The van der Waals surface area contributed by atoms with Crippen LogP contribution in [0.3, 0.4) is 0 Å². The van der Waals surface area contributed by atoms with Gasteiger partial charge >= 0.3 is 6.18 Å². The lowest BCUT2D eigenvalue weighted by Crippen LogP contribution is -2.42. The molecule has 1 atom stereocenters. The summed E-state index contributed by atoms with van der Waals surface area (Å²) >= 11 is 0. The first-order valence-electron chi connectivity index (χ1n) is 13.8. The first kappa shape index (κ1) is 28.8. The zero-order valence-electron chi connectivity index (χ0n) is 22.5. The number of halogens is 3. The molecule has 3 heterocycles. The molecule has 2 aliphatic rings. The van der Waals surface area contributed by atoms with Crippen molar-refractivity contribution in [3.8, 4) is 11.3 Å². The van der Waals surface area contributed by atoms with E-state index in [4.69, 9.17) is 0 Å². The predicted molar refractivity (Wildman–Crippen MR) is 144 cm³/mol. The van der Waals surface area contributed by atoms with Crippen molar-refractivity contribution in [1.29, 1.82) is 0 Å². The molecule has 1 saturated carbocycles. The summed E-state index contributed by atoms with van der Waals surface area (Å²) < 4.78 is 38.7. The van der Waals surface area contributed by atoms with Crippen LogP contribution in [0.2, 0.25) is 0 Å². The predicted octanol–water partition coefficient (Wildman–Crippen LogP) is 4.40. The Morgan fingerprint density at radius 2 is 1.85 bits per heavy atom. The van der Waals surface area contributed by atoms with Gasteiger partial charge in [-0.25, -0.2) is 0 Å². The zero-order chi connectivity index (χ0) is 29.0. The standard InChI is InChI=1S/C30H32F3N5O3/c31-30(32,33)23-3-1-2-21(15-23)28(40)37-17-25(39)14-20-8-13-38(19-20)24-6-9-29(41,10-7-24)27-5-4-22(16-36-27)26-18-34-11-12-35-26/h1-5,11-12,15-16,18,20,24,41H,6-10,13-14,17,19H2,(H,37,40)/t20-,24?,29?/m0/s1. The maximum Gasteiger partial charge on any atom is 0.416 e. The van der Waals surface area contributed by atoms with E-state index < -0.39 is 23.2 Å². The van der Waals surface area contributed by atoms with E-state index in [1.807, 2.05) is 12.1 Å². The topological polar surface area (TPSA) is 108 Å². The van der Waals surface area contributed by atoms with Crippen LogP contribution in [0.5, 0.6) is 0 Å². The van der Waals surface area contributed by atoms with E-state index in [0.29, 0.717) is 31.0 Å². The van der Waals surface area contributed by atoms with Gasteiger partial charge in [0.25, 0.3) is 5.91 Å². The van der Waals surface area contributed by atoms with Crippen molar-refractivity contribution in [2.24, 2.45) is 5.92 Å². The number of hydrogen-bond donors (Lipinski definition) is 2. The maximum absolute atomic E-state index is 12.9. The van der Waals surface area contributed by atoms with Gasteiger partial charge in [-0.3, -0.25) is 24.5 Å². The Bertz CT molecular complexity index is 1360. The van der Waals surface area contributed by atoms with Crippen molar-refractivity contribution in [2.45, 2.75) is 56.3 Å². The number of nitrogens with zero attached hydrogens (tertiary/aromatic N) is 4. The number of pyridine rings is 1. The molecule has 2 aromatic heterocycles. The Labute approximate surface area is 236 Å². The van der Waals surface area contributed by atoms with Crippen LogP contribution in [-0.4, -0.2) is 62.3 Å². The number of likely N-dealkylation sites (tertiary alicyclic amines) is 1. The van der Waals surface area contributed by atoms with Gasteiger partial charge in [-0.2, -0.15) is 13.2 Å². The second-order valence-electron chi connectivity index (χ2n) is 10.9. The van der Waals surface area contributed by atoms with Gasteiger partial charge in [0, 0.05) is 48.7 Å². The lowest BCUT2D eigenvalue weighted by molar-refractivity contribution is -0.137. The Balaban J connectivity index is 1.07. The summed E-state index contributed by atoms with van der Waals surface area (Å²) in [5.74, 6) is -0.694. The Morgan fingerprint density at radius 3 is 2.54 bits per heavy atom. The number of alkyl halides is 3. The van der Waals surface area contributed by atoms with Gasteiger partial charge in [-0.15, -0.1) is 0 Å². The van der Waals surface area contributed by atoms with Crippen molar-refractivity contribution in [3.63, 3.8) is 0 Å². The molecule has 5 rings (SSSR count). The molecule has 0 unspecified atom stereocenters. The highest BCUT2D eigenvalue weighted by Gasteiger charge is 2.39. The molecule has 2 N–H and O–H groups in total. The molecular weight excluding hydrogens is 535 g/mol. The second kappa shape index (κ2) is 12.0. The first-order chi connectivity index (χ1) is 19.6. The highest BCUT2D eigenvalue weighted by atomic mass is 19.4. The average Bonchev–Trinajstić information content (AvgIpc) is 3.44. The van der Waals surface area contributed by atoms with Gasteiger partial charge in [0.2, 0.25) is 0 Å². The lowest BCUT2D eigenvalue weighted by atomic mass is 9.79. The van der Waals surface area contributed by atoms with Crippen LogP contribution in [-0.2, 0) is 16.6 Å². The van der Waals surface area contributed by atoms with E-state index in [0.717, 1.165) is 55.7 Å². The fourth-order valence-corrected chi connectivity index (χ4v) is 5.84. The van der Waals surface area contributed by atoms with Crippen LogP contribution in [0.1, 0.15) is 60.1 Å². The number of hydrogen-bond acceptors (Lipinski definition) is 7. The summed E-state index contributed by atoms with van der Waals surface area (Å²) in [5.41, 5.74) is 0.199. The summed E-state index contributed by atoms with van der Waals surface area (Å²) in [4.78, 5) is 40.1. The fraction of sp³-hybridized carbons (Fsp3) is 0.433. The van der Waals surface area contributed by atoms with Gasteiger partial charge in [-0.1, -0.05) is 6.07 Å². The van der Waals surface area contributed by atoms with E-state index in [1.54, 1.807) is 24.8 Å². The number of carbonyl (C=O) groups excluding carboxylic acids is 2. The smallest absolute Gasteiger partial charge is 0.384 e. The summed E-state index contributed by atoms with van der Waals surface area (Å²) in [6, 6.07) is 8.22. The first-order valence-corrected chi connectivity index (χ1v) is 13.8. The monoisotopic (exact) mass is 567 g/mol. The van der Waals surface area contributed by atoms with Gasteiger partial charge in [0.15, 0.2) is 5.78 Å². The molecule has 2 fully saturated rings. The lowest BCUT2D eigenvalue weighted by Gasteiger charge is -2.39. The minimum atomic E-state index is -4.54. The molecule has 3 aromatic rings. The van der Waals surface area contributed by atoms with Crippen molar-refractivity contribution in [1.82, 2.24) is 25.2 Å². The number of carbonyl (C=O) groups is 2. The van der Waals surface area contributed by atoms with E-state index in [1.165, 1.54) is 12.1 Å². The molecule has 1 saturated heterocycles. The van der Waals surface area contributed by atoms with Gasteiger partial charge < -0.3 is 15.3 Å². The molecule has 1 aliphatic heterocycles. The summed E-state index contributed by atoms with van der Waals surface area (Å²) in [5, 5.41) is 13.8. The summed E-state index contributed by atoms with van der Waals surface area (Å²) in [6.45, 7) is 1.41. The van der Waals surface area contributed by atoms with Crippen molar-refractivity contribution >= 4 is 11.7 Å². The number of Topliss-reactive ketones (excluding diaryl/α,β-unsaturated/α-hetero) is 1. The molecule has 1 aliphatic carbocycles. The van der Waals surface area contributed by atoms with E-state index in [-0.39, 0.29) is 23.8 Å². The third-order valence-electron chi connectivity index (χ3n) is 8.13. The number of aromatic nitrogens is 3. The molecule has 8 nitrogen and oxygen atoms in total. The van der Waals surface area contributed by atoms with E-state index in [9.17, 15) is 27.9 Å². The van der Waals surface area contributed by atoms with Crippen LogP contribution in [0.4, 0.5) is 13.2 Å². The molecule has 1 amide bonds. The summed E-state index contributed by atoms with van der Waals surface area (Å²) in [6.07, 6.45) is 6.07. The van der Waals surface area contributed by atoms with Gasteiger partial charge in [0.05, 0.1) is 29.7 Å². The number of benzene rings is 1. The maximum atomic E-state index is 12.9. The van der Waals surface area contributed by atoms with Crippen LogP contribution in [0, 0.1) is 5.92 Å². The molecule has 0 bridgehead atoms. The fourth-order valence-electron chi connectivity index (χ4n) is 5.84. The van der Waals surface area contributed by atoms with Gasteiger partial charge in [0.1, 0.15) is 5.60 Å². The second-order valence-corrected chi connectivity index (χ2v) is 10.9. The van der Waals surface area contributed by atoms with Crippen LogP contribution >= 0.6 is 0 Å². The quantitative estimate of drug-likeness (QED) is 0.416. The number of aliphatic hydroxyl groups is 1. The van der Waals surface area contributed by atoms with E-state index >= 15 is 0 Å². The largest absolute Gasteiger partial charge is 0.416 e. The van der Waals surface area contributed by atoms with Crippen LogP contribution in [0.15, 0.2) is 61.2 Å². The molecule has 0 radical (unpaired) electrons. The minimum absolute atomic E-state index is 0.131. The zero-order valence-corrected chi connectivity index (χ0v) is 22.5. The van der Waals surface area contributed by atoms with Crippen LogP contribution < -0.4 is 5.32 Å². The SMILES string of the molecule is O=C(CNC(=O)c1cccc(C(F)(F)F)c1)C[C@@H]1CCN(C2CCC(O)(c3ccc(-c4cnccn4)cn3)CC2)C1. The minimum Gasteiger partial charge on any atom is -0.384 e. The third-order valence-corrected chi connectivity index (χ3v) is 8.13. The Hall–Kier alpha value is -3.70. The molecule has 216 valence electrons. The number of rotatable bonds is 8. The average molecular weight is 568 g/mol. The normalized spacial score (nSPS) is 23.3. The Morgan fingerprint density at radius 1 is 1.05 bits per heavy atom. The highest BCUT2D eigenvalue weighted by Crippen LogP contribution is 2.39.